The lowest BCUT2D eigenvalue weighted by Crippen LogP contribution is -2.54. The van der Waals surface area contributed by atoms with Crippen molar-refractivity contribution in [1.82, 2.24) is 4.90 Å². The van der Waals surface area contributed by atoms with Crippen LogP contribution < -0.4 is 5.73 Å². The Morgan fingerprint density at radius 3 is 2.72 bits per heavy atom. The standard InChI is InChI=1S/C15H22N2O/c1-3-9-15(2,16)14(18)17-10-8-12-6-4-5-7-13(12)11-17/h4-7H,3,8-11,16H2,1-2H3. The monoisotopic (exact) mass is 246 g/mol. The summed E-state index contributed by atoms with van der Waals surface area (Å²) < 4.78 is 0. The largest absolute Gasteiger partial charge is 0.336 e. The zero-order chi connectivity index (χ0) is 13.2. The Morgan fingerprint density at radius 2 is 2.06 bits per heavy atom. The van der Waals surface area contributed by atoms with Crippen LogP contribution in [0.5, 0.6) is 0 Å². The van der Waals surface area contributed by atoms with Gasteiger partial charge in [0.05, 0.1) is 5.54 Å². The third-order valence-electron chi connectivity index (χ3n) is 3.68. The van der Waals surface area contributed by atoms with E-state index in [2.05, 4.69) is 25.1 Å². The molecular weight excluding hydrogens is 224 g/mol. The molecule has 3 nitrogen and oxygen atoms in total. The SMILES string of the molecule is CCCC(C)(N)C(=O)N1CCc2ccccc2C1. The minimum Gasteiger partial charge on any atom is -0.336 e. The van der Waals surface area contributed by atoms with Crippen molar-refractivity contribution in [3.63, 3.8) is 0 Å². The van der Waals surface area contributed by atoms with Gasteiger partial charge in [-0.1, -0.05) is 37.6 Å². The van der Waals surface area contributed by atoms with E-state index < -0.39 is 5.54 Å². The highest BCUT2D eigenvalue weighted by molar-refractivity contribution is 5.85. The van der Waals surface area contributed by atoms with Gasteiger partial charge in [-0.05, 0) is 30.9 Å². The fraction of sp³-hybridized carbons (Fsp3) is 0.533. The second-order valence-corrected chi connectivity index (χ2v) is 5.41. The smallest absolute Gasteiger partial charge is 0.242 e. The molecule has 0 saturated heterocycles. The van der Waals surface area contributed by atoms with Crippen molar-refractivity contribution < 1.29 is 4.79 Å². The molecular formula is C15H22N2O. The molecule has 0 bridgehead atoms. The van der Waals surface area contributed by atoms with Crippen molar-refractivity contribution in [2.75, 3.05) is 6.54 Å². The van der Waals surface area contributed by atoms with E-state index in [1.54, 1.807) is 0 Å². The third-order valence-corrected chi connectivity index (χ3v) is 3.68. The maximum absolute atomic E-state index is 12.4. The molecule has 2 N–H and O–H groups in total. The van der Waals surface area contributed by atoms with Crippen LogP contribution in [0.3, 0.4) is 0 Å². The molecule has 0 aromatic heterocycles. The lowest BCUT2D eigenvalue weighted by atomic mass is 9.93. The average Bonchev–Trinajstić information content (AvgIpc) is 2.37. The Bertz CT molecular complexity index is 440. The van der Waals surface area contributed by atoms with Gasteiger partial charge in [-0.25, -0.2) is 0 Å². The van der Waals surface area contributed by atoms with Gasteiger partial charge < -0.3 is 10.6 Å². The lowest BCUT2D eigenvalue weighted by molar-refractivity contribution is -0.137. The van der Waals surface area contributed by atoms with Crippen molar-refractivity contribution >= 4 is 5.91 Å². The van der Waals surface area contributed by atoms with E-state index in [1.807, 2.05) is 17.9 Å². The van der Waals surface area contributed by atoms with Crippen LogP contribution >= 0.6 is 0 Å². The fourth-order valence-corrected chi connectivity index (χ4v) is 2.66. The van der Waals surface area contributed by atoms with Crippen LogP contribution in [0, 0.1) is 0 Å². The van der Waals surface area contributed by atoms with Gasteiger partial charge in [0.15, 0.2) is 0 Å². The molecule has 3 heteroatoms. The number of carbonyl (C=O) groups excluding carboxylic acids is 1. The van der Waals surface area contributed by atoms with Crippen molar-refractivity contribution in [2.45, 2.75) is 45.2 Å². The second kappa shape index (κ2) is 5.11. The highest BCUT2D eigenvalue weighted by Crippen LogP contribution is 2.22. The summed E-state index contributed by atoms with van der Waals surface area (Å²) in [5, 5.41) is 0. The Labute approximate surface area is 109 Å². The number of nitrogens with zero attached hydrogens (tertiary/aromatic N) is 1. The lowest BCUT2D eigenvalue weighted by Gasteiger charge is -2.35. The quantitative estimate of drug-likeness (QED) is 0.887. The summed E-state index contributed by atoms with van der Waals surface area (Å²) in [6, 6.07) is 8.33. The van der Waals surface area contributed by atoms with Crippen molar-refractivity contribution in [1.29, 1.82) is 0 Å². The van der Waals surface area contributed by atoms with Crippen molar-refractivity contribution in [3.8, 4) is 0 Å². The predicted molar refractivity (Wildman–Crippen MR) is 73.1 cm³/mol. The molecule has 0 spiro atoms. The molecule has 0 saturated carbocycles. The number of carbonyl (C=O) groups is 1. The average molecular weight is 246 g/mol. The Morgan fingerprint density at radius 1 is 1.39 bits per heavy atom. The van der Waals surface area contributed by atoms with E-state index in [0.29, 0.717) is 6.54 Å². The van der Waals surface area contributed by atoms with E-state index in [9.17, 15) is 4.79 Å². The summed E-state index contributed by atoms with van der Waals surface area (Å²) in [6.07, 6.45) is 2.61. The first-order valence-electron chi connectivity index (χ1n) is 6.69. The molecule has 18 heavy (non-hydrogen) atoms. The third kappa shape index (κ3) is 2.56. The van der Waals surface area contributed by atoms with E-state index >= 15 is 0 Å². The van der Waals surface area contributed by atoms with E-state index in [-0.39, 0.29) is 5.91 Å². The van der Waals surface area contributed by atoms with Gasteiger partial charge >= 0.3 is 0 Å². The van der Waals surface area contributed by atoms with Crippen LogP contribution in [-0.2, 0) is 17.8 Å². The molecule has 1 aromatic rings. The number of nitrogens with two attached hydrogens (primary N) is 1. The molecule has 98 valence electrons. The molecule has 1 aromatic carbocycles. The minimum atomic E-state index is -0.721. The molecule has 0 fully saturated rings. The molecule has 1 aliphatic rings. The van der Waals surface area contributed by atoms with Gasteiger partial charge in [0, 0.05) is 13.1 Å². The summed E-state index contributed by atoms with van der Waals surface area (Å²) in [6.45, 7) is 5.39. The van der Waals surface area contributed by atoms with Gasteiger partial charge in [-0.15, -0.1) is 0 Å². The highest BCUT2D eigenvalue weighted by Gasteiger charge is 2.33. The first kappa shape index (κ1) is 13.1. The van der Waals surface area contributed by atoms with Crippen LogP contribution in [0.4, 0.5) is 0 Å². The second-order valence-electron chi connectivity index (χ2n) is 5.41. The van der Waals surface area contributed by atoms with E-state index in [4.69, 9.17) is 5.73 Å². The van der Waals surface area contributed by atoms with Gasteiger partial charge in [0.1, 0.15) is 0 Å². The summed E-state index contributed by atoms with van der Waals surface area (Å²) >= 11 is 0. The van der Waals surface area contributed by atoms with Gasteiger partial charge in [0.25, 0.3) is 0 Å². The predicted octanol–water partition coefficient (Wildman–Crippen LogP) is 2.09. The molecule has 0 radical (unpaired) electrons. The topological polar surface area (TPSA) is 46.3 Å². The van der Waals surface area contributed by atoms with Crippen LogP contribution in [0.25, 0.3) is 0 Å². The molecule has 1 unspecified atom stereocenters. The summed E-state index contributed by atoms with van der Waals surface area (Å²) in [5.74, 6) is 0.0823. The van der Waals surface area contributed by atoms with Crippen LogP contribution in [-0.4, -0.2) is 22.9 Å². The summed E-state index contributed by atoms with van der Waals surface area (Å²) in [7, 11) is 0. The van der Waals surface area contributed by atoms with Crippen molar-refractivity contribution in [2.24, 2.45) is 5.73 Å². The van der Waals surface area contributed by atoms with Gasteiger partial charge in [-0.3, -0.25) is 4.79 Å². The minimum absolute atomic E-state index is 0.0823. The number of hydrogen-bond donors (Lipinski definition) is 1. The molecule has 2 rings (SSSR count). The highest BCUT2D eigenvalue weighted by atomic mass is 16.2. The maximum Gasteiger partial charge on any atom is 0.242 e. The van der Waals surface area contributed by atoms with Crippen LogP contribution in [0.1, 0.15) is 37.8 Å². The zero-order valence-corrected chi connectivity index (χ0v) is 11.3. The Hall–Kier alpha value is -1.35. The first-order valence-corrected chi connectivity index (χ1v) is 6.69. The maximum atomic E-state index is 12.4. The molecule has 1 amide bonds. The summed E-state index contributed by atoms with van der Waals surface area (Å²) in [4.78, 5) is 14.3. The normalized spacial score (nSPS) is 18.1. The fourth-order valence-electron chi connectivity index (χ4n) is 2.66. The Balaban J connectivity index is 2.11. The van der Waals surface area contributed by atoms with E-state index in [0.717, 1.165) is 25.8 Å². The van der Waals surface area contributed by atoms with Crippen LogP contribution in [0.15, 0.2) is 24.3 Å². The van der Waals surface area contributed by atoms with Gasteiger partial charge in [0.2, 0.25) is 5.91 Å². The molecule has 1 atom stereocenters. The molecule has 1 aliphatic heterocycles. The zero-order valence-electron chi connectivity index (χ0n) is 11.3. The number of hydrogen-bond acceptors (Lipinski definition) is 2. The Kier molecular flexibility index (Phi) is 3.71. The van der Waals surface area contributed by atoms with E-state index in [1.165, 1.54) is 11.1 Å². The van der Waals surface area contributed by atoms with Crippen LogP contribution in [0.2, 0.25) is 0 Å². The van der Waals surface area contributed by atoms with Crippen molar-refractivity contribution in [3.05, 3.63) is 35.4 Å². The molecule has 0 aliphatic carbocycles. The molecule has 1 heterocycles. The number of fused-ring (bicyclic) bond motifs is 1. The summed E-state index contributed by atoms with van der Waals surface area (Å²) in [5.41, 5.74) is 8.02. The van der Waals surface area contributed by atoms with Gasteiger partial charge in [-0.2, -0.15) is 0 Å². The number of rotatable bonds is 3. The number of amides is 1. The number of benzene rings is 1. The first-order chi connectivity index (χ1) is 8.54.